The fraction of sp³-hybridized carbons (Fsp3) is 0.417. The first-order valence-electron chi connectivity index (χ1n) is 11.0. The lowest BCUT2D eigenvalue weighted by atomic mass is 10.2. The molecule has 1 aliphatic heterocycles. The summed E-state index contributed by atoms with van der Waals surface area (Å²) < 4.78 is 8.45. The van der Waals surface area contributed by atoms with E-state index in [1.807, 2.05) is 31.2 Å². The Morgan fingerprint density at radius 2 is 1.42 bits per heavy atom. The molecule has 0 N–H and O–H groups in total. The average Bonchev–Trinajstić information content (AvgIpc) is 3.21. The summed E-state index contributed by atoms with van der Waals surface area (Å²) >= 11 is 0. The second kappa shape index (κ2) is 9.29. The zero-order chi connectivity index (χ0) is 21.8. The van der Waals surface area contributed by atoms with E-state index in [-0.39, 0.29) is 11.7 Å². The Morgan fingerprint density at radius 1 is 0.903 bits per heavy atom. The Labute approximate surface area is 183 Å². The maximum Gasteiger partial charge on any atom is 0.350 e. The van der Waals surface area contributed by atoms with Crippen LogP contribution in [0.15, 0.2) is 59.7 Å². The van der Waals surface area contributed by atoms with E-state index in [9.17, 15) is 4.79 Å². The Bertz CT molecular complexity index is 1030. The second-order valence-corrected chi connectivity index (χ2v) is 8.05. The quantitative estimate of drug-likeness (QED) is 0.582. The van der Waals surface area contributed by atoms with E-state index in [0.717, 1.165) is 50.5 Å². The lowest BCUT2D eigenvalue weighted by Crippen LogP contribution is -2.46. The first kappa shape index (κ1) is 21.0. The van der Waals surface area contributed by atoms with Gasteiger partial charge >= 0.3 is 5.69 Å². The van der Waals surface area contributed by atoms with Crippen LogP contribution in [0.4, 0.5) is 11.4 Å². The van der Waals surface area contributed by atoms with Crippen LogP contribution in [0.5, 0.6) is 5.75 Å². The van der Waals surface area contributed by atoms with Gasteiger partial charge in [0.1, 0.15) is 12.1 Å². The third-order valence-corrected chi connectivity index (χ3v) is 6.03. The molecule has 0 radical (unpaired) electrons. The molecule has 7 heteroatoms. The molecule has 4 rings (SSSR count). The number of aromatic nitrogens is 3. The summed E-state index contributed by atoms with van der Waals surface area (Å²) in [5, 5.41) is 4.31. The van der Waals surface area contributed by atoms with E-state index >= 15 is 0 Å². The van der Waals surface area contributed by atoms with Crippen molar-refractivity contribution in [2.45, 2.75) is 32.7 Å². The Morgan fingerprint density at radius 3 is 1.94 bits per heavy atom. The van der Waals surface area contributed by atoms with Crippen LogP contribution in [0.2, 0.25) is 0 Å². The minimum Gasteiger partial charge on any atom is -0.497 e. The minimum atomic E-state index is -0.0817. The van der Waals surface area contributed by atoms with Gasteiger partial charge in [0.15, 0.2) is 0 Å². The van der Waals surface area contributed by atoms with Crippen LogP contribution in [-0.4, -0.2) is 47.6 Å². The number of piperazine rings is 1. The van der Waals surface area contributed by atoms with Gasteiger partial charge in [0.2, 0.25) is 0 Å². The van der Waals surface area contributed by atoms with Crippen LogP contribution in [0.25, 0.3) is 5.69 Å². The maximum absolute atomic E-state index is 12.7. The number of methoxy groups -OCH3 is 1. The summed E-state index contributed by atoms with van der Waals surface area (Å²) in [6.45, 7) is 8.01. The SMILES string of the molecule is CCCC(C)n1ncn(-c2ccc(N3CCN(c4ccc(OC)cc4)CC3)cc2)c1=O. The molecule has 1 aromatic heterocycles. The van der Waals surface area contributed by atoms with Gasteiger partial charge < -0.3 is 14.5 Å². The topological polar surface area (TPSA) is 55.5 Å². The van der Waals surface area contributed by atoms with Gasteiger partial charge in [0.05, 0.1) is 18.8 Å². The molecular formula is C24H31N5O2. The normalized spacial score (nSPS) is 15.2. The Balaban J connectivity index is 1.41. The zero-order valence-electron chi connectivity index (χ0n) is 18.6. The summed E-state index contributed by atoms with van der Waals surface area (Å²) in [5.74, 6) is 0.881. The fourth-order valence-electron chi connectivity index (χ4n) is 4.18. The van der Waals surface area contributed by atoms with Crippen LogP contribution in [-0.2, 0) is 0 Å². The van der Waals surface area contributed by atoms with Crippen molar-refractivity contribution in [2.24, 2.45) is 0 Å². The fourth-order valence-corrected chi connectivity index (χ4v) is 4.18. The van der Waals surface area contributed by atoms with Gasteiger partial charge in [-0.1, -0.05) is 13.3 Å². The lowest BCUT2D eigenvalue weighted by Gasteiger charge is -2.37. The first-order chi connectivity index (χ1) is 15.1. The molecule has 1 saturated heterocycles. The van der Waals surface area contributed by atoms with Crippen molar-refractivity contribution >= 4 is 11.4 Å². The molecule has 0 aliphatic carbocycles. The van der Waals surface area contributed by atoms with Crippen molar-refractivity contribution in [3.05, 3.63) is 65.3 Å². The number of hydrogen-bond donors (Lipinski definition) is 0. The molecule has 2 aromatic carbocycles. The lowest BCUT2D eigenvalue weighted by molar-refractivity contribution is 0.415. The molecule has 0 bridgehead atoms. The highest BCUT2D eigenvalue weighted by Crippen LogP contribution is 2.23. The van der Waals surface area contributed by atoms with Crippen molar-refractivity contribution in [1.82, 2.24) is 14.3 Å². The Kier molecular flexibility index (Phi) is 6.30. The van der Waals surface area contributed by atoms with Gasteiger partial charge in [0, 0.05) is 37.6 Å². The number of rotatable bonds is 7. The average molecular weight is 422 g/mol. The van der Waals surface area contributed by atoms with Gasteiger partial charge in [0.25, 0.3) is 0 Å². The maximum atomic E-state index is 12.7. The van der Waals surface area contributed by atoms with Gasteiger partial charge in [-0.2, -0.15) is 5.10 Å². The number of ether oxygens (including phenoxy) is 1. The number of anilines is 2. The van der Waals surface area contributed by atoms with Crippen molar-refractivity contribution in [1.29, 1.82) is 0 Å². The monoisotopic (exact) mass is 421 g/mol. The minimum absolute atomic E-state index is 0.0817. The van der Waals surface area contributed by atoms with Crippen LogP contribution in [0, 0.1) is 0 Å². The van der Waals surface area contributed by atoms with Crippen molar-refractivity contribution in [2.75, 3.05) is 43.1 Å². The highest BCUT2D eigenvalue weighted by atomic mass is 16.5. The van der Waals surface area contributed by atoms with E-state index < -0.39 is 0 Å². The number of nitrogens with zero attached hydrogens (tertiary/aromatic N) is 5. The summed E-state index contributed by atoms with van der Waals surface area (Å²) in [7, 11) is 1.69. The van der Waals surface area contributed by atoms with E-state index in [4.69, 9.17) is 4.74 Å². The molecule has 0 amide bonds. The van der Waals surface area contributed by atoms with Gasteiger partial charge in [-0.15, -0.1) is 0 Å². The predicted octanol–water partition coefficient (Wildman–Crippen LogP) is 3.73. The molecule has 1 fully saturated rings. The molecular weight excluding hydrogens is 390 g/mol. The van der Waals surface area contributed by atoms with Crippen LogP contribution in [0.3, 0.4) is 0 Å². The molecule has 0 spiro atoms. The molecule has 1 atom stereocenters. The second-order valence-electron chi connectivity index (χ2n) is 8.05. The molecule has 2 heterocycles. The van der Waals surface area contributed by atoms with Gasteiger partial charge in [-0.3, -0.25) is 0 Å². The molecule has 1 aliphatic rings. The third-order valence-electron chi connectivity index (χ3n) is 6.03. The number of hydrogen-bond acceptors (Lipinski definition) is 5. The molecule has 164 valence electrons. The summed E-state index contributed by atoms with van der Waals surface area (Å²) in [6, 6.07) is 16.5. The predicted molar refractivity (Wildman–Crippen MR) is 125 cm³/mol. The standard InChI is InChI=1S/C24H31N5O2/c1-4-5-19(2)29-24(30)28(18-25-29)22-8-6-20(7-9-22)26-14-16-27(17-15-26)21-10-12-23(31-3)13-11-21/h6-13,18-19H,4-5,14-17H2,1-3H3. The van der Waals surface area contributed by atoms with Crippen LogP contribution < -0.4 is 20.2 Å². The molecule has 3 aromatic rings. The summed E-state index contributed by atoms with van der Waals surface area (Å²) in [4.78, 5) is 17.5. The largest absolute Gasteiger partial charge is 0.497 e. The summed E-state index contributed by atoms with van der Waals surface area (Å²) in [6.07, 6.45) is 3.59. The van der Waals surface area contributed by atoms with E-state index in [2.05, 4.69) is 46.1 Å². The highest BCUT2D eigenvalue weighted by molar-refractivity contribution is 5.54. The van der Waals surface area contributed by atoms with Gasteiger partial charge in [-0.05, 0) is 61.9 Å². The summed E-state index contributed by atoms with van der Waals surface area (Å²) in [5.41, 5.74) is 3.17. The molecule has 0 saturated carbocycles. The smallest absolute Gasteiger partial charge is 0.350 e. The molecule has 1 unspecified atom stereocenters. The number of benzene rings is 2. The van der Waals surface area contributed by atoms with E-state index in [1.165, 1.54) is 11.4 Å². The zero-order valence-corrected chi connectivity index (χ0v) is 18.6. The van der Waals surface area contributed by atoms with E-state index in [1.54, 1.807) is 22.7 Å². The Hall–Kier alpha value is -3.22. The van der Waals surface area contributed by atoms with Crippen molar-refractivity contribution < 1.29 is 4.74 Å². The van der Waals surface area contributed by atoms with Crippen molar-refractivity contribution in [3.63, 3.8) is 0 Å². The van der Waals surface area contributed by atoms with E-state index in [0.29, 0.717) is 0 Å². The van der Waals surface area contributed by atoms with Crippen LogP contribution >= 0.6 is 0 Å². The van der Waals surface area contributed by atoms with Crippen LogP contribution in [0.1, 0.15) is 32.7 Å². The highest BCUT2D eigenvalue weighted by Gasteiger charge is 2.18. The van der Waals surface area contributed by atoms with Gasteiger partial charge in [-0.25, -0.2) is 14.0 Å². The molecule has 7 nitrogen and oxygen atoms in total. The first-order valence-corrected chi connectivity index (χ1v) is 11.0. The third kappa shape index (κ3) is 4.45. The van der Waals surface area contributed by atoms with Crippen molar-refractivity contribution in [3.8, 4) is 11.4 Å². The molecule has 31 heavy (non-hydrogen) atoms.